The predicted octanol–water partition coefficient (Wildman–Crippen LogP) is 3.55. The number of ether oxygens (including phenoxy) is 2. The first-order valence-corrected chi connectivity index (χ1v) is 9.19. The van der Waals surface area contributed by atoms with Crippen molar-refractivity contribution in [2.24, 2.45) is 0 Å². The average molecular weight is 352 g/mol. The summed E-state index contributed by atoms with van der Waals surface area (Å²) in [5, 5.41) is 2.99. The van der Waals surface area contributed by atoms with Crippen molar-refractivity contribution >= 4 is 6.03 Å². The van der Waals surface area contributed by atoms with Crippen LogP contribution in [0.3, 0.4) is 0 Å². The van der Waals surface area contributed by atoms with Crippen LogP contribution in [0.25, 0.3) is 0 Å². The fourth-order valence-corrected chi connectivity index (χ4v) is 3.76. The lowest BCUT2D eigenvalue weighted by Gasteiger charge is -2.34. The minimum atomic E-state index is -0.180. The molecular weight excluding hydrogens is 328 g/mol. The van der Waals surface area contributed by atoms with E-state index in [0.717, 1.165) is 30.8 Å². The van der Waals surface area contributed by atoms with E-state index in [9.17, 15) is 4.79 Å². The molecule has 0 radical (unpaired) electrons. The number of carbonyl (C=O) groups is 1. The lowest BCUT2D eigenvalue weighted by Crippen LogP contribution is -2.46. The van der Waals surface area contributed by atoms with Crippen LogP contribution >= 0.6 is 0 Å². The summed E-state index contributed by atoms with van der Waals surface area (Å²) < 4.78 is 11.6. The highest BCUT2D eigenvalue weighted by molar-refractivity contribution is 5.74. The summed E-state index contributed by atoms with van der Waals surface area (Å²) in [6, 6.07) is 16.1. The predicted molar refractivity (Wildman–Crippen MR) is 99.6 cm³/mol. The molecule has 26 heavy (non-hydrogen) atoms. The Kier molecular flexibility index (Phi) is 4.69. The number of aryl methyl sites for hydroxylation is 1. The third-order valence-electron chi connectivity index (χ3n) is 5.17. The summed E-state index contributed by atoms with van der Waals surface area (Å²) in [6.07, 6.45) is 3.02. The Morgan fingerprint density at radius 1 is 1.15 bits per heavy atom. The van der Waals surface area contributed by atoms with E-state index in [1.165, 1.54) is 11.1 Å². The van der Waals surface area contributed by atoms with Crippen LogP contribution in [-0.4, -0.2) is 37.2 Å². The minimum Gasteiger partial charge on any atom is -0.486 e. The molecule has 0 fully saturated rings. The maximum atomic E-state index is 12.7. The summed E-state index contributed by atoms with van der Waals surface area (Å²) >= 11 is 0. The van der Waals surface area contributed by atoms with E-state index < -0.39 is 0 Å². The zero-order valence-corrected chi connectivity index (χ0v) is 15.0. The van der Waals surface area contributed by atoms with Crippen LogP contribution in [0.2, 0.25) is 0 Å². The zero-order chi connectivity index (χ0) is 17.9. The van der Waals surface area contributed by atoms with Gasteiger partial charge < -0.3 is 19.7 Å². The molecule has 5 heteroatoms. The fourth-order valence-electron chi connectivity index (χ4n) is 3.76. The zero-order valence-electron chi connectivity index (χ0n) is 15.0. The Morgan fingerprint density at radius 3 is 2.81 bits per heavy atom. The number of nitrogens with zero attached hydrogens (tertiary/aromatic N) is 1. The summed E-state index contributed by atoms with van der Waals surface area (Å²) in [6.45, 7) is 0.860. The van der Waals surface area contributed by atoms with Crippen LogP contribution in [0.1, 0.15) is 30.0 Å². The monoisotopic (exact) mass is 352 g/mol. The van der Waals surface area contributed by atoms with Gasteiger partial charge in [-0.15, -0.1) is 0 Å². The van der Waals surface area contributed by atoms with E-state index in [-0.39, 0.29) is 18.2 Å². The van der Waals surface area contributed by atoms with Gasteiger partial charge in [-0.25, -0.2) is 4.79 Å². The molecule has 136 valence electrons. The van der Waals surface area contributed by atoms with E-state index in [4.69, 9.17) is 9.47 Å². The molecule has 1 aliphatic heterocycles. The maximum Gasteiger partial charge on any atom is 0.317 e. The van der Waals surface area contributed by atoms with Crippen molar-refractivity contribution in [2.75, 3.05) is 20.2 Å². The summed E-state index contributed by atoms with van der Waals surface area (Å²) in [7, 11) is 1.87. The van der Waals surface area contributed by atoms with Crippen LogP contribution in [0.15, 0.2) is 48.5 Å². The van der Waals surface area contributed by atoms with E-state index in [1.807, 2.05) is 42.3 Å². The van der Waals surface area contributed by atoms with Gasteiger partial charge in [-0.05, 0) is 42.5 Å². The normalized spacial score (nSPS) is 20.8. The molecule has 2 aliphatic rings. The van der Waals surface area contributed by atoms with Crippen molar-refractivity contribution in [2.45, 2.75) is 31.4 Å². The first-order chi connectivity index (χ1) is 12.7. The van der Waals surface area contributed by atoms with E-state index >= 15 is 0 Å². The molecule has 0 aromatic heterocycles. The Bertz CT molecular complexity index is 792. The Balaban J connectivity index is 1.36. The van der Waals surface area contributed by atoms with E-state index in [2.05, 4.69) is 23.5 Å². The number of hydrogen-bond donors (Lipinski definition) is 1. The number of nitrogens with one attached hydrogen (secondary N) is 1. The Hall–Kier alpha value is -2.69. The molecule has 0 spiro atoms. The maximum absolute atomic E-state index is 12.7. The topological polar surface area (TPSA) is 50.8 Å². The summed E-state index contributed by atoms with van der Waals surface area (Å²) in [5.74, 6) is 1.48. The first kappa shape index (κ1) is 16.8. The molecule has 0 unspecified atom stereocenters. The van der Waals surface area contributed by atoms with Gasteiger partial charge in [0.25, 0.3) is 0 Å². The largest absolute Gasteiger partial charge is 0.486 e. The Labute approximate surface area is 153 Å². The number of carbonyl (C=O) groups excluding carboxylic acids is 1. The summed E-state index contributed by atoms with van der Waals surface area (Å²) in [5.41, 5.74) is 2.62. The molecule has 5 nitrogen and oxygen atoms in total. The number of amides is 2. The van der Waals surface area contributed by atoms with Crippen LogP contribution < -0.4 is 14.8 Å². The van der Waals surface area contributed by atoms with Crippen molar-refractivity contribution in [3.63, 3.8) is 0 Å². The highest BCUT2D eigenvalue weighted by Crippen LogP contribution is 2.33. The molecule has 0 bridgehead atoms. The molecule has 0 saturated heterocycles. The van der Waals surface area contributed by atoms with Gasteiger partial charge in [0.1, 0.15) is 6.61 Å². The highest BCUT2D eigenvalue weighted by Gasteiger charge is 2.27. The molecule has 1 heterocycles. The van der Waals surface area contributed by atoms with Gasteiger partial charge in [-0.2, -0.15) is 0 Å². The number of benzene rings is 2. The van der Waals surface area contributed by atoms with Crippen molar-refractivity contribution in [3.05, 3.63) is 59.7 Å². The number of rotatable bonds is 3. The molecule has 1 aliphatic carbocycles. The van der Waals surface area contributed by atoms with Crippen LogP contribution in [0.5, 0.6) is 11.5 Å². The molecule has 2 amide bonds. The number of hydrogen-bond acceptors (Lipinski definition) is 3. The molecule has 4 rings (SSSR count). The van der Waals surface area contributed by atoms with Crippen LogP contribution in [0, 0.1) is 0 Å². The lowest BCUT2D eigenvalue weighted by atomic mass is 9.87. The first-order valence-electron chi connectivity index (χ1n) is 9.19. The highest BCUT2D eigenvalue weighted by atomic mass is 16.6. The SMILES string of the molecule is CN(C(=O)NC[C@H]1COc2ccccc2O1)[C@@H]1CCCc2ccccc21. The van der Waals surface area contributed by atoms with Gasteiger partial charge in [0.05, 0.1) is 12.6 Å². The quantitative estimate of drug-likeness (QED) is 0.919. The second-order valence-corrected chi connectivity index (χ2v) is 6.90. The van der Waals surface area contributed by atoms with Crippen molar-refractivity contribution in [3.8, 4) is 11.5 Å². The van der Waals surface area contributed by atoms with Gasteiger partial charge in [0, 0.05) is 7.05 Å². The van der Waals surface area contributed by atoms with Gasteiger partial charge in [-0.3, -0.25) is 0 Å². The third-order valence-corrected chi connectivity index (χ3v) is 5.17. The third kappa shape index (κ3) is 3.34. The molecule has 2 aromatic carbocycles. The van der Waals surface area contributed by atoms with Crippen molar-refractivity contribution < 1.29 is 14.3 Å². The Morgan fingerprint density at radius 2 is 1.92 bits per heavy atom. The minimum absolute atomic E-state index is 0.0749. The molecule has 2 aromatic rings. The second kappa shape index (κ2) is 7.28. The van der Waals surface area contributed by atoms with E-state index in [0.29, 0.717) is 13.2 Å². The number of fused-ring (bicyclic) bond motifs is 2. The number of urea groups is 1. The van der Waals surface area contributed by atoms with Gasteiger partial charge in [-0.1, -0.05) is 36.4 Å². The molecule has 0 saturated carbocycles. The van der Waals surface area contributed by atoms with Crippen molar-refractivity contribution in [1.29, 1.82) is 0 Å². The van der Waals surface area contributed by atoms with Crippen molar-refractivity contribution in [1.82, 2.24) is 10.2 Å². The fraction of sp³-hybridized carbons (Fsp3) is 0.381. The average Bonchev–Trinajstić information content (AvgIpc) is 2.71. The second-order valence-electron chi connectivity index (χ2n) is 6.90. The standard InChI is InChI=1S/C21H24N2O3/c1-23(18-10-6-8-15-7-2-3-9-17(15)18)21(24)22-13-16-14-25-19-11-4-5-12-20(19)26-16/h2-5,7,9,11-12,16,18H,6,8,10,13-14H2,1H3,(H,22,24)/t16-,18+/m0/s1. The number of para-hydroxylation sites is 2. The van der Waals surface area contributed by atoms with Gasteiger partial charge in [0.2, 0.25) is 0 Å². The molecule has 1 N–H and O–H groups in total. The van der Waals surface area contributed by atoms with E-state index in [1.54, 1.807) is 0 Å². The summed E-state index contributed by atoms with van der Waals surface area (Å²) in [4.78, 5) is 14.5. The smallest absolute Gasteiger partial charge is 0.317 e. The molecular formula is C21H24N2O3. The lowest BCUT2D eigenvalue weighted by molar-refractivity contribution is 0.0896. The molecule has 2 atom stereocenters. The van der Waals surface area contributed by atoms with Crippen LogP contribution in [-0.2, 0) is 6.42 Å². The van der Waals surface area contributed by atoms with Gasteiger partial charge in [0.15, 0.2) is 17.6 Å². The van der Waals surface area contributed by atoms with Gasteiger partial charge >= 0.3 is 6.03 Å². The van der Waals surface area contributed by atoms with Crippen LogP contribution in [0.4, 0.5) is 4.79 Å².